The number of hydrogen-bond acceptors (Lipinski definition) is 6. The molecule has 0 radical (unpaired) electrons. The van der Waals surface area contributed by atoms with Gasteiger partial charge in [-0.05, 0) is 36.2 Å². The number of fused-ring (bicyclic) bond motifs is 2. The van der Waals surface area contributed by atoms with E-state index < -0.39 is 0 Å². The fourth-order valence-electron chi connectivity index (χ4n) is 3.25. The highest BCUT2D eigenvalue weighted by Crippen LogP contribution is 2.40. The number of benzene rings is 2. The van der Waals surface area contributed by atoms with Gasteiger partial charge in [-0.25, -0.2) is 4.98 Å². The summed E-state index contributed by atoms with van der Waals surface area (Å²) in [5, 5.41) is 9.02. The number of ether oxygens (including phenoxy) is 2. The summed E-state index contributed by atoms with van der Waals surface area (Å²) in [6, 6.07) is 11.8. The van der Waals surface area contributed by atoms with Crippen LogP contribution in [0.1, 0.15) is 11.1 Å². The molecular weight excluding hydrogens is 447 g/mol. The van der Waals surface area contributed by atoms with Crippen molar-refractivity contribution >= 4 is 59.3 Å². The topological polar surface area (TPSA) is 124 Å². The van der Waals surface area contributed by atoms with Gasteiger partial charge >= 0.3 is 0 Å². The summed E-state index contributed by atoms with van der Waals surface area (Å²) in [5.41, 5.74) is 15.7. The van der Waals surface area contributed by atoms with E-state index in [1.54, 1.807) is 26.0 Å². The first-order valence-electron chi connectivity index (χ1n) is 8.62. The van der Waals surface area contributed by atoms with Crippen LogP contribution < -0.4 is 20.9 Å². The van der Waals surface area contributed by atoms with Crippen LogP contribution in [0.15, 0.2) is 51.8 Å². The van der Waals surface area contributed by atoms with E-state index in [0.717, 1.165) is 39.4 Å². The number of H-pyrrole nitrogens is 1. The van der Waals surface area contributed by atoms with Crippen molar-refractivity contribution in [2.75, 3.05) is 14.2 Å². The van der Waals surface area contributed by atoms with Gasteiger partial charge in [0.15, 0.2) is 16.7 Å². The van der Waals surface area contributed by atoms with Crippen molar-refractivity contribution in [2.24, 2.45) is 21.7 Å². The number of imidazole rings is 1. The summed E-state index contributed by atoms with van der Waals surface area (Å²) in [4.78, 5) is 8.00. The van der Waals surface area contributed by atoms with Gasteiger partial charge in [0.2, 0.25) is 5.96 Å². The van der Waals surface area contributed by atoms with E-state index in [1.165, 1.54) is 0 Å². The third-order valence-corrected chi connectivity index (χ3v) is 5.58. The number of methoxy groups -OCH3 is 2. The number of guanidine groups is 1. The lowest BCUT2D eigenvalue weighted by Gasteiger charge is -2.10. The van der Waals surface area contributed by atoms with Crippen LogP contribution in [0.2, 0.25) is 0 Å². The molecular formula is C19H22Cl2N6O2S. The Morgan fingerprint density at radius 2 is 1.83 bits per heavy atom. The molecule has 5 N–H and O–H groups in total. The molecule has 0 amide bonds. The van der Waals surface area contributed by atoms with Crippen LogP contribution in [0.25, 0.3) is 11.0 Å². The molecule has 0 bridgehead atoms. The van der Waals surface area contributed by atoms with Crippen molar-refractivity contribution in [3.8, 4) is 11.5 Å². The first kappa shape index (κ1) is 23.7. The van der Waals surface area contributed by atoms with Gasteiger partial charge in [0, 0.05) is 5.56 Å². The highest BCUT2D eigenvalue weighted by Gasteiger charge is 2.32. The van der Waals surface area contributed by atoms with E-state index in [2.05, 4.69) is 20.2 Å². The molecule has 0 saturated carbocycles. The van der Waals surface area contributed by atoms with Crippen molar-refractivity contribution < 1.29 is 9.47 Å². The molecule has 0 aliphatic heterocycles. The van der Waals surface area contributed by atoms with E-state index in [1.807, 2.05) is 36.4 Å². The van der Waals surface area contributed by atoms with Gasteiger partial charge in [0.25, 0.3) is 0 Å². The first-order valence-corrected chi connectivity index (χ1v) is 9.50. The Kier molecular flexibility index (Phi) is 7.83. The Labute approximate surface area is 190 Å². The highest BCUT2D eigenvalue weighted by molar-refractivity contribution is 8.00. The maximum atomic E-state index is 5.49. The Hall–Kier alpha value is -2.62. The minimum absolute atomic E-state index is 0. The van der Waals surface area contributed by atoms with E-state index in [0.29, 0.717) is 11.5 Å². The minimum Gasteiger partial charge on any atom is -0.493 e. The first-order chi connectivity index (χ1) is 13.6. The number of rotatable bonds is 5. The number of aromatic nitrogens is 2. The maximum absolute atomic E-state index is 5.49. The Morgan fingerprint density at radius 1 is 1.13 bits per heavy atom. The number of nitrogens with zero attached hydrogens (tertiary/aromatic N) is 3. The van der Waals surface area contributed by atoms with E-state index >= 15 is 0 Å². The predicted molar refractivity (Wildman–Crippen MR) is 126 cm³/mol. The fourth-order valence-corrected chi connectivity index (χ4v) is 4.38. The normalized spacial score (nSPS) is 15.8. The number of hydrogen-bond donors (Lipinski definition) is 3. The van der Waals surface area contributed by atoms with Crippen LogP contribution in [0, 0.1) is 0 Å². The summed E-state index contributed by atoms with van der Waals surface area (Å²) in [6.07, 6.45) is 0.746. The molecule has 3 aromatic rings. The molecule has 1 aliphatic rings. The summed E-state index contributed by atoms with van der Waals surface area (Å²) in [5.74, 6) is 1.22. The van der Waals surface area contributed by atoms with Gasteiger partial charge in [-0.2, -0.15) is 5.10 Å². The summed E-state index contributed by atoms with van der Waals surface area (Å²) in [7, 11) is 3.22. The molecule has 11 heteroatoms. The SMILES string of the molecule is COc1cc2c(cc1OC)/C(=N\N=C(N)N)C(Sc1nc3ccccc3[nH]1)C2.Cl.Cl. The molecule has 1 aliphatic carbocycles. The average molecular weight is 469 g/mol. The Bertz CT molecular complexity index is 1060. The molecule has 1 aromatic heterocycles. The summed E-state index contributed by atoms with van der Waals surface area (Å²) in [6.45, 7) is 0. The van der Waals surface area contributed by atoms with Crippen molar-refractivity contribution in [1.82, 2.24) is 9.97 Å². The van der Waals surface area contributed by atoms with Crippen molar-refractivity contribution in [3.63, 3.8) is 0 Å². The molecule has 2 aromatic carbocycles. The third-order valence-electron chi connectivity index (χ3n) is 4.49. The highest BCUT2D eigenvalue weighted by atomic mass is 35.5. The summed E-state index contributed by atoms with van der Waals surface area (Å²) >= 11 is 1.59. The third kappa shape index (κ3) is 4.58. The van der Waals surface area contributed by atoms with E-state index in [-0.39, 0.29) is 36.0 Å². The van der Waals surface area contributed by atoms with Crippen LogP contribution in [-0.4, -0.2) is 41.1 Å². The molecule has 1 heterocycles. The molecule has 8 nitrogen and oxygen atoms in total. The lowest BCUT2D eigenvalue weighted by atomic mass is 10.1. The Morgan fingerprint density at radius 3 is 2.50 bits per heavy atom. The van der Waals surface area contributed by atoms with Crippen molar-refractivity contribution in [2.45, 2.75) is 16.8 Å². The van der Waals surface area contributed by atoms with E-state index in [9.17, 15) is 0 Å². The lowest BCUT2D eigenvalue weighted by Crippen LogP contribution is -2.22. The van der Waals surface area contributed by atoms with E-state index in [4.69, 9.17) is 20.9 Å². The molecule has 0 fully saturated rings. The van der Waals surface area contributed by atoms with Gasteiger partial charge < -0.3 is 25.9 Å². The second-order valence-electron chi connectivity index (χ2n) is 6.24. The van der Waals surface area contributed by atoms with Gasteiger partial charge in [-0.3, -0.25) is 0 Å². The van der Waals surface area contributed by atoms with Gasteiger partial charge in [-0.1, -0.05) is 23.9 Å². The fraction of sp³-hybridized carbons (Fsp3) is 0.211. The molecule has 0 spiro atoms. The molecule has 1 unspecified atom stereocenters. The van der Waals surface area contributed by atoms with Crippen molar-refractivity contribution in [3.05, 3.63) is 47.5 Å². The monoisotopic (exact) mass is 468 g/mol. The molecule has 30 heavy (non-hydrogen) atoms. The second kappa shape index (κ2) is 9.92. The Balaban J connectivity index is 0.00000160. The molecule has 160 valence electrons. The van der Waals surface area contributed by atoms with Crippen LogP contribution in [0.4, 0.5) is 0 Å². The average Bonchev–Trinajstić information content (AvgIpc) is 3.24. The van der Waals surface area contributed by atoms with Crippen LogP contribution in [0.3, 0.4) is 0 Å². The summed E-state index contributed by atoms with van der Waals surface area (Å²) < 4.78 is 10.9. The van der Waals surface area contributed by atoms with Gasteiger partial charge in [0.1, 0.15) is 0 Å². The van der Waals surface area contributed by atoms with Crippen LogP contribution >= 0.6 is 36.6 Å². The second-order valence-corrected chi connectivity index (χ2v) is 7.44. The number of halogens is 2. The maximum Gasteiger partial charge on any atom is 0.211 e. The number of para-hydroxylation sites is 2. The number of nitrogens with two attached hydrogens (primary N) is 2. The quantitative estimate of drug-likeness (QED) is 0.300. The number of nitrogens with one attached hydrogen (secondary N) is 1. The zero-order valence-corrected chi connectivity index (χ0v) is 18.7. The zero-order chi connectivity index (χ0) is 19.7. The molecule has 1 atom stereocenters. The number of thioether (sulfide) groups is 1. The minimum atomic E-state index is -0.0890. The van der Waals surface area contributed by atoms with Crippen LogP contribution in [0.5, 0.6) is 11.5 Å². The standard InChI is InChI=1S/C19H20N6O2S.2ClH/c1-26-14-7-10-8-16(28-19-22-12-5-3-4-6-13(12)23-19)17(24-25-18(20)21)11(10)9-15(14)27-2;;/h3-7,9,16H,8H2,1-2H3,(H,22,23)(H4,20,21,25);2*1H/b24-17+;;. The largest absolute Gasteiger partial charge is 0.493 e. The van der Waals surface area contributed by atoms with Crippen LogP contribution in [-0.2, 0) is 6.42 Å². The van der Waals surface area contributed by atoms with Gasteiger partial charge in [0.05, 0.1) is 36.2 Å². The van der Waals surface area contributed by atoms with Crippen molar-refractivity contribution in [1.29, 1.82) is 0 Å². The molecule has 4 rings (SSSR count). The smallest absolute Gasteiger partial charge is 0.211 e. The predicted octanol–water partition coefficient (Wildman–Crippen LogP) is 3.12. The lowest BCUT2D eigenvalue weighted by molar-refractivity contribution is 0.354. The number of aromatic amines is 1. The van der Waals surface area contributed by atoms with Gasteiger partial charge in [-0.15, -0.1) is 29.9 Å². The zero-order valence-electron chi connectivity index (χ0n) is 16.3. The molecule has 0 saturated heterocycles.